The molecule has 0 radical (unpaired) electrons. The summed E-state index contributed by atoms with van der Waals surface area (Å²) >= 11 is 0. The third kappa shape index (κ3) is 8.15. The van der Waals surface area contributed by atoms with Gasteiger partial charge in [0.1, 0.15) is 24.1 Å². The van der Waals surface area contributed by atoms with Crippen LogP contribution < -0.4 is 20.1 Å². The van der Waals surface area contributed by atoms with Crippen molar-refractivity contribution in [2.75, 3.05) is 31.6 Å². The van der Waals surface area contributed by atoms with Gasteiger partial charge in [-0.1, -0.05) is 18.2 Å². The van der Waals surface area contributed by atoms with Crippen LogP contribution in [-0.2, 0) is 19.6 Å². The molecule has 1 heterocycles. The molecule has 12 nitrogen and oxygen atoms in total. The molecule has 0 saturated heterocycles. The van der Waals surface area contributed by atoms with Crippen LogP contribution in [0.5, 0.6) is 11.5 Å². The van der Waals surface area contributed by atoms with E-state index in [9.17, 15) is 23.1 Å². The summed E-state index contributed by atoms with van der Waals surface area (Å²) in [6, 6.07) is 11.9. The van der Waals surface area contributed by atoms with Crippen LogP contribution in [0, 0.1) is 0 Å². The van der Waals surface area contributed by atoms with Crippen LogP contribution in [0.4, 0.5) is 5.95 Å². The van der Waals surface area contributed by atoms with Crippen LogP contribution >= 0.6 is 0 Å². The number of carbonyl (C=O) groups excluding carboxylic acids is 2. The molecular formula is C24H27N5O7S. The third-order valence-electron chi connectivity index (χ3n) is 4.82. The summed E-state index contributed by atoms with van der Waals surface area (Å²) in [6.45, 7) is 1.83. The van der Waals surface area contributed by atoms with Crippen LogP contribution in [0.25, 0.3) is 0 Å². The first kappa shape index (κ1) is 27.4. The Bertz CT molecular complexity index is 1290. The average molecular weight is 530 g/mol. The normalized spacial score (nSPS) is 11.8. The molecule has 13 heteroatoms. The van der Waals surface area contributed by atoms with Crippen molar-refractivity contribution >= 4 is 27.8 Å². The van der Waals surface area contributed by atoms with E-state index in [4.69, 9.17) is 9.47 Å². The van der Waals surface area contributed by atoms with Gasteiger partial charge >= 0.3 is 5.97 Å². The van der Waals surface area contributed by atoms with E-state index >= 15 is 0 Å². The van der Waals surface area contributed by atoms with Gasteiger partial charge < -0.3 is 25.2 Å². The predicted octanol–water partition coefficient (Wildman–Crippen LogP) is 1.31. The molecule has 2 aromatic carbocycles. The largest absolute Gasteiger partial charge is 0.507 e. The number of hydrogen-bond acceptors (Lipinski definition) is 10. The van der Waals surface area contributed by atoms with Gasteiger partial charge in [0.2, 0.25) is 16.0 Å². The zero-order chi connectivity index (χ0) is 26.7. The van der Waals surface area contributed by atoms with Crippen molar-refractivity contribution in [3.8, 4) is 11.5 Å². The van der Waals surface area contributed by atoms with Crippen molar-refractivity contribution in [1.29, 1.82) is 0 Å². The van der Waals surface area contributed by atoms with E-state index in [0.29, 0.717) is 18.2 Å². The number of benzene rings is 2. The summed E-state index contributed by atoms with van der Waals surface area (Å²) in [4.78, 5) is 33.0. The van der Waals surface area contributed by atoms with E-state index < -0.39 is 34.5 Å². The van der Waals surface area contributed by atoms with Gasteiger partial charge in [-0.05, 0) is 37.3 Å². The smallest absolute Gasteiger partial charge is 0.326 e. The highest BCUT2D eigenvalue weighted by atomic mass is 32.2. The lowest BCUT2D eigenvalue weighted by molar-refractivity contribution is -0.144. The number of esters is 1. The monoisotopic (exact) mass is 529 g/mol. The molecule has 1 unspecified atom stereocenters. The Balaban J connectivity index is 1.58. The van der Waals surface area contributed by atoms with Crippen LogP contribution in [0.1, 0.15) is 17.3 Å². The van der Waals surface area contributed by atoms with Crippen molar-refractivity contribution < 1.29 is 32.6 Å². The summed E-state index contributed by atoms with van der Waals surface area (Å²) in [5.41, 5.74) is -0.0864. The molecule has 3 aromatic rings. The number of anilines is 1. The summed E-state index contributed by atoms with van der Waals surface area (Å²) in [5, 5.41) is 15.7. The van der Waals surface area contributed by atoms with Crippen molar-refractivity contribution in [3.63, 3.8) is 0 Å². The number of nitrogens with zero attached hydrogens (tertiary/aromatic N) is 2. The van der Waals surface area contributed by atoms with Crippen LogP contribution in [0.2, 0.25) is 0 Å². The zero-order valence-electron chi connectivity index (χ0n) is 20.0. The first-order valence-corrected chi connectivity index (χ1v) is 12.8. The summed E-state index contributed by atoms with van der Waals surface area (Å²) in [7, 11) is -4.06. The lowest BCUT2D eigenvalue weighted by atomic mass is 10.1. The predicted molar refractivity (Wildman–Crippen MR) is 134 cm³/mol. The second kappa shape index (κ2) is 13.2. The number of aromatic nitrogens is 2. The third-order valence-corrected chi connectivity index (χ3v) is 6.31. The Hall–Kier alpha value is -4.23. The minimum Gasteiger partial charge on any atom is -0.507 e. The van der Waals surface area contributed by atoms with Gasteiger partial charge in [-0.25, -0.2) is 18.4 Å². The first-order valence-electron chi connectivity index (χ1n) is 11.3. The molecule has 0 aliphatic rings. The maximum atomic E-state index is 12.6. The minimum absolute atomic E-state index is 0.0203. The minimum atomic E-state index is -4.06. The van der Waals surface area contributed by atoms with E-state index in [-0.39, 0.29) is 29.4 Å². The van der Waals surface area contributed by atoms with E-state index in [2.05, 4.69) is 25.3 Å². The van der Waals surface area contributed by atoms with Crippen LogP contribution in [0.15, 0.2) is 71.9 Å². The summed E-state index contributed by atoms with van der Waals surface area (Å²) in [5.74, 6) is -1.16. The molecule has 0 aliphatic heterocycles. The molecule has 196 valence electrons. The summed E-state index contributed by atoms with van der Waals surface area (Å²) in [6.07, 6.45) is 3.20. The highest BCUT2D eigenvalue weighted by Crippen LogP contribution is 2.23. The number of sulfonamides is 1. The number of carbonyl (C=O) groups is 2. The standard InChI is InChI=1S/C24H27N5O7S/c1-2-35-23(32)20(29-37(33,34)18-7-4-3-5-8-18)16-28-22(31)19-10-9-17(15-21(19)30)36-14-13-27-24-25-11-6-12-26-24/h3-12,15,20,29-30H,2,13-14,16H2,1H3,(H,28,31)(H,25,26,27). The molecule has 0 spiro atoms. The SMILES string of the molecule is CCOC(=O)C(CNC(=O)c1ccc(OCCNc2ncccn2)cc1O)NS(=O)(=O)c1ccccc1. The second-order valence-corrected chi connectivity index (χ2v) is 9.19. The Labute approximate surface area is 214 Å². The Morgan fingerprint density at radius 1 is 1.05 bits per heavy atom. The molecule has 0 bridgehead atoms. The number of aromatic hydroxyl groups is 1. The molecule has 1 amide bonds. The zero-order valence-corrected chi connectivity index (χ0v) is 20.8. The van der Waals surface area contributed by atoms with E-state index in [1.54, 1.807) is 43.6 Å². The number of phenols is 1. The Morgan fingerprint density at radius 3 is 2.46 bits per heavy atom. The lowest BCUT2D eigenvalue weighted by Gasteiger charge is -2.18. The maximum absolute atomic E-state index is 12.6. The number of ether oxygens (including phenoxy) is 2. The van der Waals surface area contributed by atoms with Crippen molar-refractivity contribution in [1.82, 2.24) is 20.0 Å². The Kier molecular flexibility index (Phi) is 9.75. The molecule has 1 aromatic heterocycles. The van der Waals surface area contributed by atoms with Crippen LogP contribution in [0.3, 0.4) is 0 Å². The van der Waals surface area contributed by atoms with Crippen molar-refractivity contribution in [2.24, 2.45) is 0 Å². The maximum Gasteiger partial charge on any atom is 0.326 e. The van der Waals surface area contributed by atoms with Crippen molar-refractivity contribution in [3.05, 3.63) is 72.6 Å². The van der Waals surface area contributed by atoms with Gasteiger partial charge in [0.25, 0.3) is 5.91 Å². The van der Waals surface area contributed by atoms with Gasteiger partial charge in [0.05, 0.1) is 23.6 Å². The van der Waals surface area contributed by atoms with E-state index in [1.165, 1.54) is 30.3 Å². The van der Waals surface area contributed by atoms with Crippen LogP contribution in [-0.4, -0.2) is 67.7 Å². The highest BCUT2D eigenvalue weighted by Gasteiger charge is 2.27. The Morgan fingerprint density at radius 2 is 1.78 bits per heavy atom. The van der Waals surface area contributed by atoms with Crippen molar-refractivity contribution in [2.45, 2.75) is 17.9 Å². The van der Waals surface area contributed by atoms with Gasteiger partial charge in [-0.3, -0.25) is 9.59 Å². The second-order valence-electron chi connectivity index (χ2n) is 7.48. The molecular weight excluding hydrogens is 502 g/mol. The van der Waals surface area contributed by atoms with Gasteiger partial charge in [-0.2, -0.15) is 4.72 Å². The quantitative estimate of drug-likeness (QED) is 0.187. The molecule has 37 heavy (non-hydrogen) atoms. The number of hydrogen-bond donors (Lipinski definition) is 4. The van der Waals surface area contributed by atoms with Gasteiger partial charge in [0, 0.05) is 25.0 Å². The molecule has 0 aliphatic carbocycles. The lowest BCUT2D eigenvalue weighted by Crippen LogP contribution is -2.49. The fourth-order valence-corrected chi connectivity index (χ4v) is 4.28. The fraction of sp³-hybridized carbons (Fsp3) is 0.250. The van der Waals surface area contributed by atoms with Gasteiger partial charge in [0.15, 0.2) is 0 Å². The fourth-order valence-electron chi connectivity index (χ4n) is 3.08. The van der Waals surface area contributed by atoms with E-state index in [1.807, 2.05) is 0 Å². The average Bonchev–Trinajstić information content (AvgIpc) is 2.90. The number of phenolic OH excluding ortho intramolecular Hbond substituents is 1. The molecule has 1 atom stereocenters. The van der Waals surface area contributed by atoms with E-state index in [0.717, 1.165) is 0 Å². The summed E-state index contributed by atoms with van der Waals surface area (Å²) < 4.78 is 38.0. The highest BCUT2D eigenvalue weighted by molar-refractivity contribution is 7.89. The molecule has 0 fully saturated rings. The number of nitrogens with one attached hydrogen (secondary N) is 3. The molecule has 4 N–H and O–H groups in total. The first-order chi connectivity index (χ1) is 17.8. The molecule has 0 saturated carbocycles. The van der Waals surface area contributed by atoms with Gasteiger partial charge in [-0.15, -0.1) is 0 Å². The topological polar surface area (TPSA) is 169 Å². The number of amides is 1. The number of rotatable bonds is 13. The molecule has 3 rings (SSSR count).